The summed E-state index contributed by atoms with van der Waals surface area (Å²) in [6, 6.07) is 0. The highest BCUT2D eigenvalue weighted by atomic mass is 16.1. The van der Waals surface area contributed by atoms with Gasteiger partial charge in [0.25, 0.3) is 0 Å². The van der Waals surface area contributed by atoms with Gasteiger partial charge in [-0.1, -0.05) is 19.3 Å². The molecular formula is C13H16N4O. The Labute approximate surface area is 105 Å². The molecule has 1 saturated carbocycles. The molecule has 0 amide bonds. The molecule has 5 heteroatoms. The second kappa shape index (κ2) is 4.48. The van der Waals surface area contributed by atoms with Crippen molar-refractivity contribution in [2.45, 2.75) is 44.9 Å². The topological polar surface area (TPSA) is 60.2 Å². The Kier molecular flexibility index (Phi) is 2.81. The number of fused-ring (bicyclic) bond motifs is 1. The zero-order valence-corrected chi connectivity index (χ0v) is 10.5. The molecule has 0 N–H and O–H groups in total. The lowest BCUT2D eigenvalue weighted by Gasteiger charge is -2.19. The lowest BCUT2D eigenvalue weighted by atomic mass is 9.89. The summed E-state index contributed by atoms with van der Waals surface area (Å²) in [5, 5.41) is 4.50. The Morgan fingerprint density at radius 1 is 1.33 bits per heavy atom. The normalized spacial score (nSPS) is 17.2. The molecule has 0 bridgehead atoms. The van der Waals surface area contributed by atoms with E-state index in [0.717, 1.165) is 36.2 Å². The highest BCUT2D eigenvalue weighted by molar-refractivity contribution is 5.72. The average Bonchev–Trinajstić information content (AvgIpc) is 2.76. The molecule has 5 nitrogen and oxygen atoms in total. The molecule has 0 saturated heterocycles. The molecule has 3 rings (SSSR count). The Hall–Kier alpha value is -1.78. The van der Waals surface area contributed by atoms with Crippen LogP contribution in [0.1, 0.15) is 60.2 Å². The number of carbonyl (C=O) groups excluding carboxylic acids is 1. The van der Waals surface area contributed by atoms with Crippen molar-refractivity contribution in [3.8, 4) is 0 Å². The maximum Gasteiger partial charge on any atom is 0.194 e. The maximum absolute atomic E-state index is 11.0. The number of imidazole rings is 1. The van der Waals surface area contributed by atoms with E-state index in [4.69, 9.17) is 0 Å². The quantitative estimate of drug-likeness (QED) is 0.760. The van der Waals surface area contributed by atoms with Crippen molar-refractivity contribution >= 4 is 11.8 Å². The van der Waals surface area contributed by atoms with Crippen LogP contribution in [-0.4, -0.2) is 25.9 Å². The van der Waals surface area contributed by atoms with Gasteiger partial charge in [0.15, 0.2) is 17.9 Å². The monoisotopic (exact) mass is 244 g/mol. The number of hydrogen-bond acceptors (Lipinski definition) is 4. The Balaban J connectivity index is 2.06. The molecule has 0 aromatic carbocycles. The van der Waals surface area contributed by atoms with E-state index in [1.54, 1.807) is 10.7 Å². The van der Waals surface area contributed by atoms with Crippen LogP contribution in [0.2, 0.25) is 0 Å². The van der Waals surface area contributed by atoms with E-state index in [2.05, 4.69) is 15.1 Å². The van der Waals surface area contributed by atoms with Gasteiger partial charge < -0.3 is 0 Å². The minimum Gasteiger partial charge on any atom is -0.294 e. The zero-order valence-electron chi connectivity index (χ0n) is 10.5. The van der Waals surface area contributed by atoms with Gasteiger partial charge in [-0.15, -0.1) is 0 Å². The predicted octanol–water partition coefficient (Wildman–Crippen LogP) is 2.29. The number of rotatable bonds is 2. The fourth-order valence-corrected chi connectivity index (χ4v) is 2.69. The van der Waals surface area contributed by atoms with Crippen LogP contribution < -0.4 is 0 Å². The van der Waals surface area contributed by atoms with Crippen molar-refractivity contribution in [2.24, 2.45) is 0 Å². The molecule has 2 heterocycles. The van der Waals surface area contributed by atoms with Crippen LogP contribution in [0.4, 0.5) is 0 Å². The minimum absolute atomic E-state index is 0.363. The van der Waals surface area contributed by atoms with Crippen molar-refractivity contribution in [3.63, 3.8) is 0 Å². The van der Waals surface area contributed by atoms with Crippen LogP contribution in [0.15, 0.2) is 6.20 Å². The summed E-state index contributed by atoms with van der Waals surface area (Å²) >= 11 is 0. The van der Waals surface area contributed by atoms with Crippen molar-refractivity contribution in [3.05, 3.63) is 23.5 Å². The number of aromatic nitrogens is 4. The number of aryl methyl sites for hydroxylation is 1. The van der Waals surface area contributed by atoms with Crippen molar-refractivity contribution < 1.29 is 4.79 Å². The molecule has 0 spiro atoms. The van der Waals surface area contributed by atoms with Gasteiger partial charge >= 0.3 is 0 Å². The van der Waals surface area contributed by atoms with E-state index < -0.39 is 0 Å². The molecule has 2 aromatic rings. The van der Waals surface area contributed by atoms with Crippen molar-refractivity contribution in [1.29, 1.82) is 0 Å². The van der Waals surface area contributed by atoms with E-state index >= 15 is 0 Å². The van der Waals surface area contributed by atoms with Crippen molar-refractivity contribution in [2.75, 3.05) is 0 Å². The van der Waals surface area contributed by atoms with Gasteiger partial charge in [0.05, 0.1) is 11.9 Å². The lowest BCUT2D eigenvalue weighted by molar-refractivity contribution is 0.111. The first-order valence-corrected chi connectivity index (χ1v) is 6.47. The molecule has 0 atom stereocenters. The lowest BCUT2D eigenvalue weighted by Crippen LogP contribution is -2.11. The van der Waals surface area contributed by atoms with Gasteiger partial charge in [0.1, 0.15) is 5.52 Å². The maximum atomic E-state index is 11.0. The van der Waals surface area contributed by atoms with E-state index in [1.807, 2.05) is 6.92 Å². The molecule has 2 aromatic heterocycles. The Morgan fingerprint density at radius 2 is 2.11 bits per heavy atom. The van der Waals surface area contributed by atoms with Gasteiger partial charge in [-0.3, -0.25) is 4.79 Å². The van der Waals surface area contributed by atoms with Crippen LogP contribution >= 0.6 is 0 Å². The highest BCUT2D eigenvalue weighted by Crippen LogP contribution is 2.30. The Bertz CT molecular complexity index is 584. The third kappa shape index (κ3) is 1.79. The predicted molar refractivity (Wildman–Crippen MR) is 66.7 cm³/mol. The second-order valence-electron chi connectivity index (χ2n) is 4.92. The molecule has 1 fully saturated rings. The van der Waals surface area contributed by atoms with E-state index in [0.29, 0.717) is 11.7 Å². The summed E-state index contributed by atoms with van der Waals surface area (Å²) in [7, 11) is 0. The molecular weight excluding hydrogens is 228 g/mol. The first kappa shape index (κ1) is 11.3. The summed E-state index contributed by atoms with van der Waals surface area (Å²) in [6.45, 7) is 1.87. The summed E-state index contributed by atoms with van der Waals surface area (Å²) in [6.07, 6.45) is 8.63. The summed E-state index contributed by atoms with van der Waals surface area (Å²) in [5.41, 5.74) is 1.61. The fraction of sp³-hybridized carbons (Fsp3) is 0.538. The third-order valence-corrected chi connectivity index (χ3v) is 3.70. The van der Waals surface area contributed by atoms with E-state index in [1.165, 1.54) is 19.3 Å². The van der Waals surface area contributed by atoms with Gasteiger partial charge in [0.2, 0.25) is 0 Å². The third-order valence-electron chi connectivity index (χ3n) is 3.70. The zero-order chi connectivity index (χ0) is 12.5. The summed E-state index contributed by atoms with van der Waals surface area (Å²) < 4.78 is 1.62. The van der Waals surface area contributed by atoms with Gasteiger partial charge in [-0.25, -0.2) is 14.5 Å². The van der Waals surface area contributed by atoms with Crippen LogP contribution in [0.3, 0.4) is 0 Å². The summed E-state index contributed by atoms with van der Waals surface area (Å²) in [5.74, 6) is 1.65. The highest BCUT2D eigenvalue weighted by Gasteiger charge is 2.19. The SMILES string of the molecule is Cc1nc(C=O)n2nc(C3CCCCC3)ncc12. The van der Waals surface area contributed by atoms with Crippen LogP contribution in [0, 0.1) is 6.92 Å². The standard InChI is InChI=1S/C13H16N4O/c1-9-11-7-14-13(10-5-3-2-4-6-10)16-17(11)12(8-18)15-9/h7-8,10H,2-6H2,1H3. The molecule has 18 heavy (non-hydrogen) atoms. The first-order chi connectivity index (χ1) is 8.79. The largest absolute Gasteiger partial charge is 0.294 e. The minimum atomic E-state index is 0.363. The number of hydrogen-bond donors (Lipinski definition) is 0. The number of aldehydes is 1. The smallest absolute Gasteiger partial charge is 0.194 e. The number of nitrogens with zero attached hydrogens (tertiary/aromatic N) is 4. The number of carbonyl (C=O) groups is 1. The fourth-order valence-electron chi connectivity index (χ4n) is 2.69. The van der Waals surface area contributed by atoms with Crippen LogP contribution in [0.25, 0.3) is 5.52 Å². The van der Waals surface area contributed by atoms with Gasteiger partial charge in [-0.2, -0.15) is 5.10 Å². The van der Waals surface area contributed by atoms with E-state index in [-0.39, 0.29) is 0 Å². The Morgan fingerprint density at radius 3 is 2.83 bits per heavy atom. The van der Waals surface area contributed by atoms with Crippen LogP contribution in [0.5, 0.6) is 0 Å². The van der Waals surface area contributed by atoms with E-state index in [9.17, 15) is 4.79 Å². The molecule has 94 valence electrons. The first-order valence-electron chi connectivity index (χ1n) is 6.47. The average molecular weight is 244 g/mol. The van der Waals surface area contributed by atoms with Gasteiger partial charge in [0, 0.05) is 5.92 Å². The van der Waals surface area contributed by atoms with Crippen molar-refractivity contribution in [1.82, 2.24) is 19.6 Å². The molecule has 0 unspecified atom stereocenters. The summed E-state index contributed by atoms with van der Waals surface area (Å²) in [4.78, 5) is 19.6. The molecule has 1 aliphatic carbocycles. The van der Waals surface area contributed by atoms with Crippen LogP contribution in [-0.2, 0) is 0 Å². The second-order valence-corrected chi connectivity index (χ2v) is 4.92. The van der Waals surface area contributed by atoms with Gasteiger partial charge in [-0.05, 0) is 19.8 Å². The molecule has 0 radical (unpaired) electrons. The molecule has 0 aliphatic heterocycles. The molecule has 1 aliphatic rings.